The van der Waals surface area contributed by atoms with Gasteiger partial charge < -0.3 is 10.2 Å². The van der Waals surface area contributed by atoms with Crippen LogP contribution in [0.2, 0.25) is 0 Å². The summed E-state index contributed by atoms with van der Waals surface area (Å²) in [6.45, 7) is 9.13. The van der Waals surface area contributed by atoms with Gasteiger partial charge in [0.15, 0.2) is 0 Å². The maximum atomic E-state index is 10.6. The molecule has 2 bridgehead atoms. The van der Waals surface area contributed by atoms with Crippen LogP contribution in [0.25, 0.3) is 0 Å². The molecule has 0 heterocycles. The first kappa shape index (κ1) is 14.8. The van der Waals surface area contributed by atoms with Crippen molar-refractivity contribution >= 4 is 6.47 Å². The van der Waals surface area contributed by atoms with Gasteiger partial charge in [-0.05, 0) is 67.6 Å². The van der Waals surface area contributed by atoms with Gasteiger partial charge in [0.25, 0.3) is 6.47 Å². The van der Waals surface area contributed by atoms with Gasteiger partial charge in [0.1, 0.15) is 0 Å². The fourth-order valence-corrected chi connectivity index (χ4v) is 5.88. The summed E-state index contributed by atoms with van der Waals surface area (Å²) in [5.74, 6) is 2.29. The Balaban J connectivity index is 0.000000408. The summed E-state index contributed by atoms with van der Waals surface area (Å²) in [6.07, 6.45) is 6.41. The van der Waals surface area contributed by atoms with E-state index in [9.17, 15) is 5.11 Å². The fraction of sp³-hybridized carbons (Fsp3) is 0.938. The molecule has 110 valence electrons. The van der Waals surface area contributed by atoms with Crippen LogP contribution in [-0.2, 0) is 4.79 Å². The molecule has 3 aliphatic rings. The highest BCUT2D eigenvalue weighted by atomic mass is 16.3. The average molecular weight is 268 g/mol. The number of rotatable bonds is 0. The number of hydrogen-bond acceptors (Lipinski definition) is 2. The summed E-state index contributed by atoms with van der Waals surface area (Å²) >= 11 is 0. The molecular formula is C16H28O3. The van der Waals surface area contributed by atoms with Gasteiger partial charge in [0.2, 0.25) is 0 Å². The zero-order valence-electron chi connectivity index (χ0n) is 12.6. The summed E-state index contributed by atoms with van der Waals surface area (Å²) in [6, 6.07) is 0. The van der Waals surface area contributed by atoms with Gasteiger partial charge in [0, 0.05) is 0 Å². The molecule has 0 aromatic heterocycles. The Hall–Kier alpha value is -0.570. The molecule has 3 aliphatic carbocycles. The highest BCUT2D eigenvalue weighted by Gasteiger charge is 2.67. The molecule has 3 saturated carbocycles. The average Bonchev–Trinajstić information content (AvgIpc) is 2.71. The molecule has 3 fully saturated rings. The van der Waals surface area contributed by atoms with Crippen LogP contribution in [0.3, 0.4) is 0 Å². The molecule has 0 unspecified atom stereocenters. The van der Waals surface area contributed by atoms with Crippen molar-refractivity contribution in [2.75, 3.05) is 0 Å². The van der Waals surface area contributed by atoms with E-state index >= 15 is 0 Å². The molecule has 1 spiro atoms. The largest absolute Gasteiger partial charge is 0.483 e. The summed E-state index contributed by atoms with van der Waals surface area (Å²) in [5.41, 5.74) is 0.542. The number of carbonyl (C=O) groups is 1. The van der Waals surface area contributed by atoms with Crippen molar-refractivity contribution in [2.45, 2.75) is 65.4 Å². The standard InChI is InChI=1S/C15H26O.CH2O2/c1-10-5-6-11-13(2,3)12-9-15(10,11)8-7-14(12,4)16;2-1-3/h10-12,16H,5-9H2,1-4H3;1H,(H,2,3)/t10-,11+,12-,14-,15+;/m1./s1. The molecule has 3 nitrogen and oxygen atoms in total. The Labute approximate surface area is 116 Å². The maximum absolute atomic E-state index is 10.6. The molecule has 0 aliphatic heterocycles. The lowest BCUT2D eigenvalue weighted by molar-refractivity contribution is -0.122. The Morgan fingerprint density at radius 1 is 1.11 bits per heavy atom. The first-order valence-corrected chi connectivity index (χ1v) is 7.52. The van der Waals surface area contributed by atoms with Crippen molar-refractivity contribution in [3.05, 3.63) is 0 Å². The van der Waals surface area contributed by atoms with Gasteiger partial charge in [-0.1, -0.05) is 20.8 Å². The van der Waals surface area contributed by atoms with Gasteiger partial charge in [-0.2, -0.15) is 0 Å². The Kier molecular flexibility index (Phi) is 3.49. The van der Waals surface area contributed by atoms with Crippen LogP contribution in [0.1, 0.15) is 59.8 Å². The van der Waals surface area contributed by atoms with E-state index in [1.54, 1.807) is 0 Å². The molecule has 0 aromatic carbocycles. The van der Waals surface area contributed by atoms with E-state index in [-0.39, 0.29) is 6.47 Å². The van der Waals surface area contributed by atoms with Crippen molar-refractivity contribution in [1.82, 2.24) is 0 Å². The van der Waals surface area contributed by atoms with Crippen molar-refractivity contribution in [3.63, 3.8) is 0 Å². The summed E-state index contributed by atoms with van der Waals surface area (Å²) in [4.78, 5) is 8.36. The van der Waals surface area contributed by atoms with Crippen LogP contribution >= 0.6 is 0 Å². The second-order valence-electron chi connectivity index (χ2n) is 7.80. The van der Waals surface area contributed by atoms with E-state index in [0.717, 1.165) is 18.3 Å². The monoisotopic (exact) mass is 268 g/mol. The molecule has 5 atom stereocenters. The number of aliphatic hydroxyl groups is 1. The minimum absolute atomic E-state index is 0.250. The molecule has 3 rings (SSSR count). The second-order valence-corrected chi connectivity index (χ2v) is 7.80. The summed E-state index contributed by atoms with van der Waals surface area (Å²) in [7, 11) is 0. The van der Waals surface area contributed by atoms with Crippen molar-refractivity contribution in [3.8, 4) is 0 Å². The van der Waals surface area contributed by atoms with Gasteiger partial charge in [-0.15, -0.1) is 0 Å². The highest BCUT2D eigenvalue weighted by molar-refractivity contribution is 5.32. The zero-order valence-corrected chi connectivity index (χ0v) is 12.6. The lowest BCUT2D eigenvalue weighted by atomic mass is 9.64. The first-order valence-electron chi connectivity index (χ1n) is 7.52. The van der Waals surface area contributed by atoms with Crippen molar-refractivity contribution in [1.29, 1.82) is 0 Å². The van der Waals surface area contributed by atoms with Crippen LogP contribution in [0, 0.1) is 28.6 Å². The van der Waals surface area contributed by atoms with Crippen molar-refractivity contribution in [2.24, 2.45) is 28.6 Å². The van der Waals surface area contributed by atoms with E-state index in [2.05, 4.69) is 27.7 Å². The molecule has 19 heavy (non-hydrogen) atoms. The van der Waals surface area contributed by atoms with Crippen LogP contribution in [0.15, 0.2) is 0 Å². The third-order valence-electron chi connectivity index (χ3n) is 6.79. The highest BCUT2D eigenvalue weighted by Crippen LogP contribution is 2.73. The molecule has 3 heteroatoms. The molecule has 0 radical (unpaired) electrons. The molecule has 0 aromatic rings. The normalized spacial score (nSPS) is 50.1. The van der Waals surface area contributed by atoms with Crippen LogP contribution in [-0.4, -0.2) is 22.3 Å². The smallest absolute Gasteiger partial charge is 0.290 e. The van der Waals surface area contributed by atoms with E-state index < -0.39 is 5.60 Å². The minimum atomic E-state index is -0.404. The lowest BCUT2D eigenvalue weighted by Crippen LogP contribution is -2.44. The van der Waals surface area contributed by atoms with Gasteiger partial charge in [-0.25, -0.2) is 0 Å². The Bertz CT molecular complexity index is 357. The topological polar surface area (TPSA) is 57.5 Å². The second kappa shape index (κ2) is 4.47. The third-order valence-corrected chi connectivity index (χ3v) is 6.79. The minimum Gasteiger partial charge on any atom is -0.483 e. The maximum Gasteiger partial charge on any atom is 0.290 e. The van der Waals surface area contributed by atoms with Crippen LogP contribution < -0.4 is 0 Å². The van der Waals surface area contributed by atoms with Crippen LogP contribution in [0.4, 0.5) is 0 Å². The SMILES string of the molecule is C[C@@H]1CC[C@H]2C(C)(C)[C@H]3C[C@@]12CC[C@@]3(C)O.O=CO. The number of fused-ring (bicyclic) bond motifs is 1. The van der Waals surface area contributed by atoms with E-state index in [1.807, 2.05) is 0 Å². The third kappa shape index (κ3) is 1.93. The molecule has 0 saturated heterocycles. The summed E-state index contributed by atoms with van der Waals surface area (Å²) < 4.78 is 0. The van der Waals surface area contributed by atoms with E-state index in [0.29, 0.717) is 16.7 Å². The van der Waals surface area contributed by atoms with E-state index in [4.69, 9.17) is 9.90 Å². The van der Waals surface area contributed by atoms with Gasteiger partial charge in [0.05, 0.1) is 5.60 Å². The Morgan fingerprint density at radius 3 is 2.26 bits per heavy atom. The molecular weight excluding hydrogens is 240 g/mol. The van der Waals surface area contributed by atoms with Gasteiger partial charge >= 0.3 is 0 Å². The van der Waals surface area contributed by atoms with Crippen molar-refractivity contribution < 1.29 is 15.0 Å². The quantitative estimate of drug-likeness (QED) is 0.663. The lowest BCUT2D eigenvalue weighted by Gasteiger charge is -2.44. The zero-order chi connectivity index (χ0) is 14.5. The van der Waals surface area contributed by atoms with E-state index in [1.165, 1.54) is 25.7 Å². The molecule has 2 N–H and O–H groups in total. The predicted octanol–water partition coefficient (Wildman–Crippen LogP) is 3.31. The molecule has 0 amide bonds. The fourth-order valence-electron chi connectivity index (χ4n) is 5.88. The predicted molar refractivity (Wildman–Crippen MR) is 74.8 cm³/mol. The number of carboxylic acid groups (broad SMARTS) is 1. The Morgan fingerprint density at radius 2 is 1.68 bits per heavy atom. The summed E-state index contributed by atoms with van der Waals surface area (Å²) in [5, 5.41) is 17.5. The van der Waals surface area contributed by atoms with Crippen LogP contribution in [0.5, 0.6) is 0 Å². The van der Waals surface area contributed by atoms with Gasteiger partial charge in [-0.3, -0.25) is 4.79 Å². The number of hydrogen-bond donors (Lipinski definition) is 2. The first-order chi connectivity index (χ1) is 8.72.